The molecule has 27 heavy (non-hydrogen) atoms. The van der Waals surface area contributed by atoms with Crippen molar-refractivity contribution < 1.29 is 23.1 Å². The number of hydrogen-bond acceptors (Lipinski definition) is 2. The molecule has 2 atom stereocenters. The zero-order valence-corrected chi connectivity index (χ0v) is 15.0. The van der Waals surface area contributed by atoms with Crippen molar-refractivity contribution in [3.05, 3.63) is 53.0 Å². The van der Waals surface area contributed by atoms with Gasteiger partial charge in [-0.1, -0.05) is 36.8 Å². The number of aromatic nitrogens is 2. The zero-order chi connectivity index (χ0) is 20.0. The van der Waals surface area contributed by atoms with Crippen molar-refractivity contribution in [1.82, 2.24) is 9.78 Å². The molecule has 0 radical (unpaired) electrons. The molecule has 2 unspecified atom stereocenters. The molecule has 0 saturated heterocycles. The first-order valence-corrected chi connectivity index (χ1v) is 8.67. The summed E-state index contributed by atoms with van der Waals surface area (Å²) in [7, 11) is 1.22. The van der Waals surface area contributed by atoms with Crippen LogP contribution in [-0.4, -0.2) is 20.9 Å². The first-order valence-electron chi connectivity index (χ1n) is 8.67. The van der Waals surface area contributed by atoms with Crippen molar-refractivity contribution >= 4 is 11.7 Å². The van der Waals surface area contributed by atoms with Gasteiger partial charge in [0, 0.05) is 13.2 Å². The molecule has 2 aliphatic rings. The molecule has 2 fully saturated rings. The predicted octanol–water partition coefficient (Wildman–Crippen LogP) is 5.41. The number of nitrogens with zero attached hydrogens (tertiary/aromatic N) is 2. The number of carboxylic acids is 1. The van der Waals surface area contributed by atoms with Gasteiger partial charge in [0.25, 0.3) is 0 Å². The van der Waals surface area contributed by atoms with E-state index in [2.05, 4.69) is 24.2 Å². The van der Waals surface area contributed by atoms with E-state index in [4.69, 9.17) is 10.8 Å². The fraction of sp³-hybridized carbons (Fsp3) is 0.474. The quantitative estimate of drug-likeness (QED) is 0.773. The largest absolute Gasteiger partial charge is 0.698 e. The first kappa shape index (κ1) is 19.3. The van der Waals surface area contributed by atoms with Gasteiger partial charge in [0.05, 0.1) is 0 Å². The predicted molar refractivity (Wildman–Crippen MR) is 93.8 cm³/mol. The molecule has 2 N–H and O–H groups in total. The molecule has 0 spiro atoms. The summed E-state index contributed by atoms with van der Waals surface area (Å²) in [6.45, 7) is 2.41. The van der Waals surface area contributed by atoms with Gasteiger partial charge < -0.3 is 10.8 Å². The Kier molecular flexibility index (Phi) is 4.69. The fourth-order valence-corrected chi connectivity index (χ4v) is 3.55. The lowest BCUT2D eigenvalue weighted by Gasteiger charge is -2.13. The number of alkyl halides is 3. The van der Waals surface area contributed by atoms with Crippen molar-refractivity contribution in [2.45, 2.75) is 38.3 Å². The minimum atomic E-state index is -4.73. The maximum atomic E-state index is 12.1. The second-order valence-corrected chi connectivity index (χ2v) is 7.56. The van der Waals surface area contributed by atoms with Crippen molar-refractivity contribution in [3.8, 4) is 0 Å². The summed E-state index contributed by atoms with van der Waals surface area (Å²) in [5, 5.41) is 11.4. The molecule has 2 aromatic rings. The summed E-state index contributed by atoms with van der Waals surface area (Å²) in [5.41, 5.74) is 8.31. The highest BCUT2D eigenvalue weighted by atomic mass is 19.4. The van der Waals surface area contributed by atoms with Crippen LogP contribution in [0.5, 0.6) is 0 Å². The third-order valence-electron chi connectivity index (χ3n) is 5.41. The van der Waals surface area contributed by atoms with Gasteiger partial charge in [-0.15, -0.1) is 5.69 Å². The van der Waals surface area contributed by atoms with E-state index in [-0.39, 0.29) is 0 Å². The highest BCUT2D eigenvalue weighted by Crippen LogP contribution is 2.67. The number of benzene rings is 1. The standard InChI is InChI=1S/C13H16N.C6H5F3N2O2/c1-13(6-7-13)11-8-10(11)9-4-2-3-5-12(9)14;1-11-2-3(5(12)13)4(10-11)6(7,8)9/h2-5,10-11,14H,6-8H2,1H3;2H,1H3,(H,12,13)/q-1;. The molecule has 0 amide bonds. The van der Waals surface area contributed by atoms with Crippen LogP contribution in [0, 0.1) is 11.3 Å². The highest BCUT2D eigenvalue weighted by Gasteiger charge is 2.56. The topological polar surface area (TPSA) is 78.9 Å². The van der Waals surface area contributed by atoms with Crippen molar-refractivity contribution in [3.63, 3.8) is 0 Å². The molecule has 146 valence electrons. The van der Waals surface area contributed by atoms with E-state index >= 15 is 0 Å². The third-order valence-corrected chi connectivity index (χ3v) is 5.41. The maximum absolute atomic E-state index is 12.1. The Labute approximate surface area is 155 Å². The second-order valence-electron chi connectivity index (χ2n) is 7.56. The van der Waals surface area contributed by atoms with Crippen LogP contribution in [0.15, 0.2) is 30.5 Å². The van der Waals surface area contributed by atoms with E-state index in [1.54, 1.807) is 0 Å². The normalized spacial score (nSPS) is 22.6. The Morgan fingerprint density at radius 1 is 1.33 bits per heavy atom. The van der Waals surface area contributed by atoms with Crippen LogP contribution in [0.25, 0.3) is 5.73 Å². The Morgan fingerprint density at radius 3 is 2.44 bits per heavy atom. The SMILES string of the molecule is CC1(C2CC2c2ccccc2[NH-])CC1.Cn1cc(C(=O)O)c(C(F)(F)F)n1. The Morgan fingerprint density at radius 2 is 1.96 bits per heavy atom. The average molecular weight is 380 g/mol. The molecule has 4 rings (SSSR count). The van der Waals surface area contributed by atoms with Crippen LogP contribution < -0.4 is 0 Å². The summed E-state index contributed by atoms with van der Waals surface area (Å²) < 4.78 is 37.1. The monoisotopic (exact) mass is 380 g/mol. The Hall–Kier alpha value is -2.51. The first-order chi connectivity index (χ1) is 12.5. The van der Waals surface area contributed by atoms with Crippen molar-refractivity contribution in [2.75, 3.05) is 0 Å². The van der Waals surface area contributed by atoms with Gasteiger partial charge >= 0.3 is 12.1 Å². The van der Waals surface area contributed by atoms with Gasteiger partial charge in [-0.25, -0.2) is 4.79 Å². The number of aryl methyl sites for hydroxylation is 1. The van der Waals surface area contributed by atoms with Crippen molar-refractivity contribution in [2.24, 2.45) is 18.4 Å². The number of carboxylic acid groups (broad SMARTS) is 1. The van der Waals surface area contributed by atoms with Crippen LogP contribution in [-0.2, 0) is 13.2 Å². The number of halogens is 3. The fourth-order valence-electron chi connectivity index (χ4n) is 3.55. The summed E-state index contributed by atoms with van der Waals surface area (Å²) in [6.07, 6.45) is 0.231. The van der Waals surface area contributed by atoms with Crippen LogP contribution >= 0.6 is 0 Å². The van der Waals surface area contributed by atoms with E-state index < -0.39 is 23.4 Å². The van der Waals surface area contributed by atoms with Gasteiger partial charge in [-0.3, -0.25) is 4.68 Å². The molecule has 2 saturated carbocycles. The summed E-state index contributed by atoms with van der Waals surface area (Å²) in [6, 6.07) is 8.08. The van der Waals surface area contributed by atoms with Gasteiger partial charge in [-0.2, -0.15) is 18.3 Å². The van der Waals surface area contributed by atoms with E-state index in [0.717, 1.165) is 22.5 Å². The van der Waals surface area contributed by atoms with E-state index in [1.165, 1.54) is 31.9 Å². The summed E-state index contributed by atoms with van der Waals surface area (Å²) in [4.78, 5) is 10.3. The zero-order valence-electron chi connectivity index (χ0n) is 15.0. The molecule has 8 heteroatoms. The third kappa shape index (κ3) is 4.09. The minimum Gasteiger partial charge on any atom is -0.698 e. The van der Waals surface area contributed by atoms with Crippen LogP contribution in [0.1, 0.15) is 53.7 Å². The smallest absolute Gasteiger partial charge is 0.436 e. The molecule has 1 aromatic heterocycles. The molecule has 0 bridgehead atoms. The Bertz CT molecular complexity index is 856. The lowest BCUT2D eigenvalue weighted by atomic mass is 9.98. The molecule has 2 aliphatic carbocycles. The van der Waals surface area contributed by atoms with Gasteiger partial charge in [-0.05, 0) is 36.5 Å². The number of nitrogens with one attached hydrogen (secondary N) is 1. The molecule has 1 aromatic carbocycles. The van der Waals surface area contributed by atoms with Crippen molar-refractivity contribution in [1.29, 1.82) is 0 Å². The maximum Gasteiger partial charge on any atom is 0.436 e. The molecule has 0 aliphatic heterocycles. The lowest BCUT2D eigenvalue weighted by molar-refractivity contribution is -0.141. The van der Waals surface area contributed by atoms with E-state index in [0.29, 0.717) is 11.3 Å². The molecule has 1 heterocycles. The number of hydrogen-bond donors (Lipinski definition) is 1. The van der Waals surface area contributed by atoms with Gasteiger partial charge in [0.15, 0.2) is 5.69 Å². The molecular weight excluding hydrogens is 359 g/mol. The number of aromatic carboxylic acids is 1. The van der Waals surface area contributed by atoms with E-state index in [9.17, 15) is 18.0 Å². The highest BCUT2D eigenvalue weighted by molar-refractivity contribution is 5.88. The number of carbonyl (C=O) groups is 1. The summed E-state index contributed by atoms with van der Waals surface area (Å²) >= 11 is 0. The molecular formula is C19H21F3N3O2-. The lowest BCUT2D eigenvalue weighted by Crippen LogP contribution is -2.12. The van der Waals surface area contributed by atoms with Gasteiger partial charge in [0.1, 0.15) is 5.56 Å². The second kappa shape index (κ2) is 6.58. The number of rotatable bonds is 3. The van der Waals surface area contributed by atoms with Gasteiger partial charge in [0.2, 0.25) is 0 Å². The van der Waals surface area contributed by atoms with Crippen LogP contribution in [0.2, 0.25) is 0 Å². The van der Waals surface area contributed by atoms with Crippen LogP contribution in [0.3, 0.4) is 0 Å². The average Bonchev–Trinajstić information content (AvgIpc) is 3.47. The van der Waals surface area contributed by atoms with E-state index in [1.807, 2.05) is 12.1 Å². The summed E-state index contributed by atoms with van der Waals surface area (Å²) in [5.74, 6) is -0.0503. The minimum absolute atomic E-state index is 0.646. The Balaban J connectivity index is 0.000000157. The van der Waals surface area contributed by atoms with Crippen LogP contribution in [0.4, 0.5) is 18.9 Å². The molecule has 5 nitrogen and oxygen atoms in total.